The molecule has 1 atom stereocenters. The highest BCUT2D eigenvalue weighted by atomic mass is 35.5. The van der Waals surface area contributed by atoms with Gasteiger partial charge in [-0.1, -0.05) is 60.1 Å². The number of aliphatic carboxylic acids is 1. The second kappa shape index (κ2) is 10.3. The third kappa shape index (κ3) is 5.08. The van der Waals surface area contributed by atoms with E-state index in [0.717, 1.165) is 22.3 Å². The molecule has 2 aromatic carbocycles. The summed E-state index contributed by atoms with van der Waals surface area (Å²) in [7, 11) is 1.71. The number of fused-ring (bicyclic) bond motifs is 1. The van der Waals surface area contributed by atoms with Gasteiger partial charge in [-0.05, 0) is 55.4 Å². The third-order valence-corrected chi connectivity index (χ3v) is 7.22. The number of H-pyrrole nitrogens is 1. The van der Waals surface area contributed by atoms with Crippen molar-refractivity contribution in [2.24, 2.45) is 5.92 Å². The Morgan fingerprint density at radius 1 is 1.00 bits per heavy atom. The van der Waals surface area contributed by atoms with Crippen molar-refractivity contribution in [3.8, 4) is 28.4 Å². The number of aromatic amines is 1. The zero-order valence-corrected chi connectivity index (χ0v) is 21.0. The molecular formula is C28H28ClN3O4. The minimum atomic E-state index is -0.730. The van der Waals surface area contributed by atoms with E-state index in [0.29, 0.717) is 53.6 Å². The maximum absolute atomic E-state index is 11.2. The van der Waals surface area contributed by atoms with Crippen LogP contribution in [0, 0.1) is 5.92 Å². The standard InChI is InChI=1S/C28H28ClN3O4/c1-16(35-2)17-3-5-18(6-4-17)19-7-9-20(10-8-19)25-23(29)15-24-26(31-25)32-28(30-24)36-22-13-11-21(12-14-22)27(33)34/h3-10,15-16,21-22H,11-14H2,1-2H3,(H,33,34)(H,30,31,32)/t16?,21-,22-. The molecule has 1 aliphatic rings. The Kier molecular flexibility index (Phi) is 6.94. The lowest BCUT2D eigenvalue weighted by atomic mass is 9.87. The molecule has 1 saturated carbocycles. The molecule has 0 aliphatic heterocycles. The highest BCUT2D eigenvalue weighted by molar-refractivity contribution is 6.33. The first-order valence-electron chi connectivity index (χ1n) is 12.1. The largest absolute Gasteiger partial charge is 0.481 e. The number of carboxylic acids is 1. The summed E-state index contributed by atoms with van der Waals surface area (Å²) in [6.45, 7) is 2.03. The average Bonchev–Trinajstić information content (AvgIpc) is 3.29. The number of nitrogens with one attached hydrogen (secondary N) is 1. The fraction of sp³-hybridized carbons (Fsp3) is 0.321. The predicted molar refractivity (Wildman–Crippen MR) is 139 cm³/mol. The number of rotatable bonds is 7. The molecule has 1 fully saturated rings. The van der Waals surface area contributed by atoms with E-state index < -0.39 is 5.97 Å². The van der Waals surface area contributed by atoms with Crippen LogP contribution in [0.15, 0.2) is 54.6 Å². The van der Waals surface area contributed by atoms with Crippen molar-refractivity contribution in [2.75, 3.05) is 7.11 Å². The number of carboxylic acid groups (broad SMARTS) is 1. The molecule has 0 bridgehead atoms. The van der Waals surface area contributed by atoms with Crippen LogP contribution >= 0.6 is 11.6 Å². The second-order valence-electron chi connectivity index (χ2n) is 9.24. The molecular weight excluding hydrogens is 478 g/mol. The number of pyridine rings is 1. The Balaban J connectivity index is 1.32. The predicted octanol–water partition coefficient (Wildman–Crippen LogP) is 6.67. The van der Waals surface area contributed by atoms with E-state index in [9.17, 15) is 9.90 Å². The van der Waals surface area contributed by atoms with Crippen LogP contribution in [-0.2, 0) is 9.53 Å². The van der Waals surface area contributed by atoms with E-state index in [1.165, 1.54) is 0 Å². The summed E-state index contributed by atoms with van der Waals surface area (Å²) in [5.74, 6) is -1.01. The van der Waals surface area contributed by atoms with E-state index >= 15 is 0 Å². The van der Waals surface area contributed by atoms with E-state index in [4.69, 9.17) is 26.1 Å². The molecule has 4 aromatic rings. The van der Waals surface area contributed by atoms with Crippen LogP contribution in [0.2, 0.25) is 5.02 Å². The van der Waals surface area contributed by atoms with E-state index in [1.54, 1.807) is 7.11 Å². The average molecular weight is 506 g/mol. The van der Waals surface area contributed by atoms with Gasteiger partial charge in [-0.3, -0.25) is 4.79 Å². The van der Waals surface area contributed by atoms with Crippen LogP contribution in [0.1, 0.15) is 44.3 Å². The van der Waals surface area contributed by atoms with Gasteiger partial charge in [0, 0.05) is 12.7 Å². The number of hydrogen-bond acceptors (Lipinski definition) is 5. The van der Waals surface area contributed by atoms with Crippen LogP contribution < -0.4 is 4.74 Å². The van der Waals surface area contributed by atoms with Gasteiger partial charge >= 0.3 is 5.97 Å². The molecule has 186 valence electrons. The van der Waals surface area contributed by atoms with Crippen molar-refractivity contribution < 1.29 is 19.4 Å². The van der Waals surface area contributed by atoms with Crippen molar-refractivity contribution in [3.63, 3.8) is 0 Å². The Hall–Kier alpha value is -3.42. The van der Waals surface area contributed by atoms with Gasteiger partial charge in [-0.25, -0.2) is 4.98 Å². The number of imidazole rings is 1. The summed E-state index contributed by atoms with van der Waals surface area (Å²) >= 11 is 6.58. The Bertz CT molecular complexity index is 1360. The zero-order chi connectivity index (χ0) is 25.2. The number of hydrogen-bond donors (Lipinski definition) is 2. The number of ether oxygens (including phenoxy) is 2. The van der Waals surface area contributed by atoms with Crippen LogP contribution in [0.5, 0.6) is 6.01 Å². The first-order chi connectivity index (χ1) is 17.4. The van der Waals surface area contributed by atoms with Crippen LogP contribution in [-0.4, -0.2) is 39.2 Å². The number of aromatic nitrogens is 3. The smallest absolute Gasteiger partial charge is 0.306 e. The summed E-state index contributed by atoms with van der Waals surface area (Å²) in [5.41, 5.74) is 6.12. The zero-order valence-electron chi connectivity index (χ0n) is 20.2. The summed E-state index contributed by atoms with van der Waals surface area (Å²) in [4.78, 5) is 23.5. The number of halogens is 1. The van der Waals surface area contributed by atoms with E-state index in [2.05, 4.69) is 46.4 Å². The molecule has 0 amide bonds. The molecule has 36 heavy (non-hydrogen) atoms. The number of benzene rings is 2. The Morgan fingerprint density at radius 2 is 1.61 bits per heavy atom. The molecule has 7 nitrogen and oxygen atoms in total. The summed E-state index contributed by atoms with van der Waals surface area (Å²) in [5, 5.41) is 9.70. The molecule has 0 spiro atoms. The molecule has 0 radical (unpaired) electrons. The van der Waals surface area contributed by atoms with Gasteiger partial charge in [0.2, 0.25) is 0 Å². The van der Waals surface area contributed by atoms with Crippen molar-refractivity contribution in [3.05, 3.63) is 65.2 Å². The van der Waals surface area contributed by atoms with Gasteiger partial charge in [-0.15, -0.1) is 0 Å². The van der Waals surface area contributed by atoms with Crippen LogP contribution in [0.25, 0.3) is 33.5 Å². The maximum atomic E-state index is 11.2. The second-order valence-corrected chi connectivity index (χ2v) is 9.65. The third-order valence-electron chi connectivity index (χ3n) is 6.93. The lowest BCUT2D eigenvalue weighted by Crippen LogP contribution is -2.28. The minimum Gasteiger partial charge on any atom is -0.481 e. The quantitative estimate of drug-likeness (QED) is 0.291. The van der Waals surface area contributed by atoms with Gasteiger partial charge in [0.05, 0.1) is 28.3 Å². The van der Waals surface area contributed by atoms with Gasteiger partial charge in [0.1, 0.15) is 6.10 Å². The number of nitrogens with zero attached hydrogens (tertiary/aromatic N) is 2. The summed E-state index contributed by atoms with van der Waals surface area (Å²) in [6.07, 6.45) is 2.60. The maximum Gasteiger partial charge on any atom is 0.306 e. The topological polar surface area (TPSA) is 97.3 Å². The van der Waals surface area contributed by atoms with Gasteiger partial charge in [0.25, 0.3) is 6.01 Å². The van der Waals surface area contributed by atoms with Gasteiger partial charge in [0.15, 0.2) is 5.65 Å². The van der Waals surface area contributed by atoms with Gasteiger partial charge < -0.3 is 19.6 Å². The van der Waals surface area contributed by atoms with Gasteiger partial charge in [-0.2, -0.15) is 4.98 Å². The van der Waals surface area contributed by atoms with Crippen LogP contribution in [0.3, 0.4) is 0 Å². The fourth-order valence-corrected chi connectivity index (χ4v) is 4.90. The normalized spacial score (nSPS) is 18.8. The van der Waals surface area contributed by atoms with Crippen molar-refractivity contribution in [2.45, 2.75) is 44.8 Å². The molecule has 5 rings (SSSR count). The molecule has 2 heterocycles. The van der Waals surface area contributed by atoms with E-state index in [1.807, 2.05) is 25.1 Å². The number of carbonyl (C=O) groups is 1. The molecule has 1 aliphatic carbocycles. The SMILES string of the molecule is COC(C)c1ccc(-c2ccc(-c3nc4nc(O[C@H]5CC[C@H](C(=O)O)CC5)[nH]c4cc3Cl)cc2)cc1. The van der Waals surface area contributed by atoms with Crippen molar-refractivity contribution >= 4 is 28.7 Å². The minimum absolute atomic E-state index is 0.0597. The highest BCUT2D eigenvalue weighted by Crippen LogP contribution is 2.32. The lowest BCUT2D eigenvalue weighted by Gasteiger charge is -2.25. The molecule has 2 N–H and O–H groups in total. The van der Waals surface area contributed by atoms with Crippen LogP contribution in [0.4, 0.5) is 0 Å². The summed E-state index contributed by atoms with van der Waals surface area (Å²) < 4.78 is 11.4. The lowest BCUT2D eigenvalue weighted by molar-refractivity contribution is -0.143. The molecule has 8 heteroatoms. The Labute approximate surface area is 214 Å². The first kappa shape index (κ1) is 24.3. The van der Waals surface area contributed by atoms with Crippen molar-refractivity contribution in [1.82, 2.24) is 15.0 Å². The fourth-order valence-electron chi connectivity index (χ4n) is 4.64. The molecule has 2 aromatic heterocycles. The monoisotopic (exact) mass is 505 g/mol. The van der Waals surface area contributed by atoms with E-state index in [-0.39, 0.29) is 18.1 Å². The highest BCUT2D eigenvalue weighted by Gasteiger charge is 2.27. The first-order valence-corrected chi connectivity index (χ1v) is 12.5. The molecule has 0 saturated heterocycles. The number of methoxy groups -OCH3 is 1. The Morgan fingerprint density at radius 3 is 2.22 bits per heavy atom. The molecule has 1 unspecified atom stereocenters. The summed E-state index contributed by atoms with van der Waals surface area (Å²) in [6, 6.07) is 18.7. The van der Waals surface area contributed by atoms with Crippen molar-refractivity contribution in [1.29, 1.82) is 0 Å².